The number of amides is 5. The highest BCUT2D eigenvalue weighted by Gasteiger charge is 2.31. The fourth-order valence-electron chi connectivity index (χ4n) is 4.95. The summed E-state index contributed by atoms with van der Waals surface area (Å²) in [5.74, 6) is -1.20. The van der Waals surface area contributed by atoms with E-state index >= 15 is 0 Å². The molecule has 5 amide bonds. The zero-order valence-electron chi connectivity index (χ0n) is 27.4. The first-order valence-corrected chi connectivity index (χ1v) is 16.6. The fourth-order valence-corrected chi connectivity index (χ4v) is 5.70. The molecular formula is C31H48N8O5S. The molecule has 13 nitrogen and oxygen atoms in total. The molecule has 1 aliphatic heterocycles. The van der Waals surface area contributed by atoms with E-state index in [4.69, 9.17) is 10.9 Å². The molecule has 0 radical (unpaired) electrons. The highest BCUT2D eigenvalue weighted by Crippen LogP contribution is 2.28. The Hall–Kier alpha value is -3.88. The summed E-state index contributed by atoms with van der Waals surface area (Å²) in [5, 5.41) is 13.8. The highest BCUT2D eigenvalue weighted by molar-refractivity contribution is 7.95. The van der Waals surface area contributed by atoms with E-state index in [9.17, 15) is 23.4 Å². The molecule has 2 rings (SSSR count). The van der Waals surface area contributed by atoms with Gasteiger partial charge in [0, 0.05) is 44.9 Å². The van der Waals surface area contributed by atoms with Crippen LogP contribution in [0.3, 0.4) is 0 Å². The van der Waals surface area contributed by atoms with Crippen LogP contribution in [0.4, 0.5) is 4.79 Å². The standard InChI is InChI=1S/C31H48N8O5S/c1-8-22-21(6)18-39(30(22)42)31(43)37-15-13-35-12-14-36-29(41)26(34-7)17-27(32)45(33,44)38-28(40)16-25-23(19(2)3)10-9-11-24(25)20(4)5/h9-11,17,19-20,35H,8,12-16,18,32H2,1-7H3,(H,36,41)(H,37,43)(H2,33,38,40,44). The highest BCUT2D eigenvalue weighted by atomic mass is 32.2. The minimum Gasteiger partial charge on any atom is -0.390 e. The maximum absolute atomic E-state index is 13.1. The lowest BCUT2D eigenvalue weighted by Crippen LogP contribution is -2.44. The van der Waals surface area contributed by atoms with Crippen LogP contribution in [-0.2, 0) is 30.7 Å². The molecular weight excluding hydrogens is 596 g/mol. The smallest absolute Gasteiger partial charge is 0.324 e. The summed E-state index contributed by atoms with van der Waals surface area (Å²) >= 11 is 0. The van der Waals surface area contributed by atoms with Crippen molar-refractivity contribution in [2.24, 2.45) is 20.2 Å². The number of hydrogen-bond acceptors (Lipinski definition) is 8. The van der Waals surface area contributed by atoms with Crippen molar-refractivity contribution in [3.8, 4) is 0 Å². The van der Waals surface area contributed by atoms with Gasteiger partial charge in [-0.25, -0.2) is 14.1 Å². The van der Waals surface area contributed by atoms with Crippen molar-refractivity contribution in [1.82, 2.24) is 20.9 Å². The summed E-state index contributed by atoms with van der Waals surface area (Å²) in [5.41, 5.74) is 10.2. The lowest BCUT2D eigenvalue weighted by Gasteiger charge is -2.18. The molecule has 14 heteroatoms. The van der Waals surface area contributed by atoms with E-state index < -0.39 is 32.8 Å². The monoisotopic (exact) mass is 644 g/mol. The molecule has 0 spiro atoms. The summed E-state index contributed by atoms with van der Waals surface area (Å²) in [7, 11) is -2.45. The number of urea groups is 1. The predicted molar refractivity (Wildman–Crippen MR) is 178 cm³/mol. The van der Waals surface area contributed by atoms with Crippen molar-refractivity contribution in [3.05, 3.63) is 57.1 Å². The lowest BCUT2D eigenvalue weighted by atomic mass is 9.87. The third-order valence-corrected chi connectivity index (χ3v) is 8.59. The summed E-state index contributed by atoms with van der Waals surface area (Å²) in [6, 6.07) is 5.43. The van der Waals surface area contributed by atoms with Gasteiger partial charge in [-0.05, 0) is 47.4 Å². The minimum atomic E-state index is -3.81. The van der Waals surface area contributed by atoms with Gasteiger partial charge in [0.05, 0.1) is 13.0 Å². The topological polar surface area (TPSA) is 201 Å². The van der Waals surface area contributed by atoms with Crippen molar-refractivity contribution in [3.63, 3.8) is 0 Å². The van der Waals surface area contributed by atoms with Gasteiger partial charge in [-0.2, -0.15) is 0 Å². The van der Waals surface area contributed by atoms with Gasteiger partial charge in [0.2, 0.25) is 0 Å². The number of benzene rings is 1. The SMILES string of the molecule is CCC1=C(C)CN(C(=O)NCCNCCNC(=O)C(C=C(N)S(N)(=O)=NC(=O)Cc2c(C(C)C)cccc2C(C)C)=NC)C1=O. The molecule has 248 valence electrons. The molecule has 0 saturated carbocycles. The molecule has 1 unspecified atom stereocenters. The summed E-state index contributed by atoms with van der Waals surface area (Å²) in [6.45, 7) is 13.4. The van der Waals surface area contributed by atoms with Gasteiger partial charge in [0.25, 0.3) is 17.7 Å². The lowest BCUT2D eigenvalue weighted by molar-refractivity contribution is -0.123. The Bertz CT molecular complexity index is 1480. The van der Waals surface area contributed by atoms with Crippen LogP contribution < -0.4 is 26.8 Å². The number of aliphatic imine (C=N–C) groups is 1. The molecule has 0 aliphatic carbocycles. The van der Waals surface area contributed by atoms with Crippen LogP contribution in [0.2, 0.25) is 0 Å². The second-order valence-electron chi connectivity index (χ2n) is 11.4. The second kappa shape index (κ2) is 17.0. The molecule has 0 bridgehead atoms. The van der Waals surface area contributed by atoms with E-state index in [-0.39, 0.29) is 43.0 Å². The van der Waals surface area contributed by atoms with E-state index in [2.05, 4.69) is 25.3 Å². The Morgan fingerprint density at radius 3 is 2.13 bits per heavy atom. The van der Waals surface area contributed by atoms with Crippen LogP contribution in [0.15, 0.2) is 49.8 Å². The maximum Gasteiger partial charge on any atom is 0.324 e. The first-order chi connectivity index (χ1) is 21.1. The van der Waals surface area contributed by atoms with Crippen LogP contribution in [0, 0.1) is 0 Å². The van der Waals surface area contributed by atoms with Crippen molar-refractivity contribution in [1.29, 1.82) is 0 Å². The molecule has 0 saturated heterocycles. The van der Waals surface area contributed by atoms with Crippen LogP contribution in [0.25, 0.3) is 0 Å². The number of nitrogens with zero attached hydrogens (tertiary/aromatic N) is 3. The summed E-state index contributed by atoms with van der Waals surface area (Å²) < 4.78 is 16.8. The Morgan fingerprint density at radius 1 is 1.04 bits per heavy atom. The van der Waals surface area contributed by atoms with Gasteiger partial charge in [-0.1, -0.05) is 52.8 Å². The van der Waals surface area contributed by atoms with Gasteiger partial charge in [-0.15, -0.1) is 4.36 Å². The Balaban J connectivity index is 1.90. The molecule has 0 fully saturated rings. The zero-order valence-corrected chi connectivity index (χ0v) is 28.2. The minimum absolute atomic E-state index is 0.0811. The zero-order chi connectivity index (χ0) is 33.9. The molecule has 0 aromatic heterocycles. The number of carbonyl (C=O) groups excluding carboxylic acids is 4. The summed E-state index contributed by atoms with van der Waals surface area (Å²) in [6.07, 6.45) is 1.56. The van der Waals surface area contributed by atoms with Gasteiger partial charge < -0.3 is 21.7 Å². The summed E-state index contributed by atoms with van der Waals surface area (Å²) in [4.78, 5) is 55.2. The first kappa shape index (κ1) is 37.3. The quantitative estimate of drug-likeness (QED) is 0.151. The van der Waals surface area contributed by atoms with Crippen LogP contribution in [-0.4, -0.2) is 78.3 Å². The maximum atomic E-state index is 13.1. The van der Waals surface area contributed by atoms with Gasteiger partial charge in [0.1, 0.15) is 10.7 Å². The number of rotatable bonds is 14. The van der Waals surface area contributed by atoms with Crippen molar-refractivity contribution in [2.45, 2.75) is 66.2 Å². The van der Waals surface area contributed by atoms with Gasteiger partial charge >= 0.3 is 6.03 Å². The van der Waals surface area contributed by atoms with Crippen LogP contribution in [0.5, 0.6) is 0 Å². The van der Waals surface area contributed by atoms with E-state index in [1.807, 2.05) is 59.7 Å². The average Bonchev–Trinajstić information content (AvgIpc) is 3.26. The number of carbonyl (C=O) groups is 4. The third-order valence-electron chi connectivity index (χ3n) is 7.33. The van der Waals surface area contributed by atoms with Gasteiger partial charge in [0.15, 0.2) is 9.92 Å². The van der Waals surface area contributed by atoms with Crippen molar-refractivity contribution in [2.75, 3.05) is 39.8 Å². The van der Waals surface area contributed by atoms with Gasteiger partial charge in [-0.3, -0.25) is 24.3 Å². The number of hydrogen-bond donors (Lipinski definition) is 5. The Labute approximate surface area is 266 Å². The molecule has 1 atom stereocenters. The molecule has 1 aliphatic rings. The van der Waals surface area contributed by atoms with E-state index in [0.717, 1.165) is 28.3 Å². The Morgan fingerprint density at radius 2 is 1.62 bits per heavy atom. The van der Waals surface area contributed by atoms with Crippen molar-refractivity contribution >= 4 is 39.4 Å². The Kier molecular flexibility index (Phi) is 14.1. The number of nitrogens with one attached hydrogen (secondary N) is 3. The van der Waals surface area contributed by atoms with E-state index in [1.165, 1.54) is 11.9 Å². The van der Waals surface area contributed by atoms with E-state index in [0.29, 0.717) is 31.6 Å². The largest absolute Gasteiger partial charge is 0.390 e. The third kappa shape index (κ3) is 10.3. The molecule has 1 aromatic rings. The second-order valence-corrected chi connectivity index (χ2v) is 13.1. The predicted octanol–water partition coefficient (Wildman–Crippen LogP) is 2.20. The van der Waals surface area contributed by atoms with Crippen LogP contribution in [0.1, 0.15) is 76.5 Å². The number of imide groups is 1. The molecule has 1 heterocycles. The molecule has 7 N–H and O–H groups in total. The first-order valence-electron chi connectivity index (χ1n) is 15.0. The van der Waals surface area contributed by atoms with Crippen LogP contribution >= 0.6 is 0 Å². The van der Waals surface area contributed by atoms with E-state index in [1.54, 1.807) is 0 Å². The average molecular weight is 645 g/mol. The fraction of sp³-hybridized carbons (Fsp3) is 0.516. The number of nitrogens with two attached hydrogens (primary N) is 2. The molecule has 45 heavy (non-hydrogen) atoms. The molecule has 1 aromatic carbocycles. The van der Waals surface area contributed by atoms with Crippen molar-refractivity contribution < 1.29 is 23.4 Å². The normalized spacial score (nSPS) is 15.5.